The molecular formula is C24H19N3O5. The maximum atomic E-state index is 13.5. The molecule has 2 aliphatic rings. The van der Waals surface area contributed by atoms with Crippen LogP contribution in [0.25, 0.3) is 0 Å². The van der Waals surface area contributed by atoms with Gasteiger partial charge in [0.1, 0.15) is 5.92 Å². The minimum Gasteiger partial charge on any atom is -0.273 e. The van der Waals surface area contributed by atoms with Crippen LogP contribution < -0.4 is 9.96 Å². The Morgan fingerprint density at radius 1 is 0.875 bits per heavy atom. The van der Waals surface area contributed by atoms with Gasteiger partial charge in [0.2, 0.25) is 5.91 Å². The largest absolute Gasteiger partial charge is 0.273 e. The van der Waals surface area contributed by atoms with E-state index in [2.05, 4.69) is 0 Å². The molecule has 0 N–H and O–H groups in total. The number of aryl methyl sites for hydroxylation is 1. The Morgan fingerprint density at radius 3 is 2.22 bits per heavy atom. The minimum absolute atomic E-state index is 0.0503. The second-order valence-electron chi connectivity index (χ2n) is 7.86. The van der Waals surface area contributed by atoms with Crippen LogP contribution in [0.1, 0.15) is 17.2 Å². The molecule has 0 aromatic heterocycles. The number of carbonyl (C=O) groups excluding carboxylic acids is 2. The normalized spacial score (nSPS) is 22.3. The lowest BCUT2D eigenvalue weighted by molar-refractivity contribution is -0.384. The molecule has 3 atom stereocenters. The van der Waals surface area contributed by atoms with Gasteiger partial charge in [0.25, 0.3) is 11.6 Å². The molecule has 2 saturated heterocycles. The van der Waals surface area contributed by atoms with Crippen LogP contribution >= 0.6 is 0 Å². The van der Waals surface area contributed by atoms with Crippen molar-refractivity contribution in [3.05, 3.63) is 100 Å². The van der Waals surface area contributed by atoms with Crippen LogP contribution in [0.4, 0.5) is 17.1 Å². The highest BCUT2D eigenvalue weighted by Crippen LogP contribution is 2.47. The number of nitro benzene ring substituents is 1. The molecule has 8 heteroatoms. The number of rotatable bonds is 4. The van der Waals surface area contributed by atoms with Crippen molar-refractivity contribution in [2.24, 2.45) is 5.92 Å². The smallest absolute Gasteiger partial charge is 0.269 e. The van der Waals surface area contributed by atoms with Crippen molar-refractivity contribution in [1.82, 2.24) is 0 Å². The van der Waals surface area contributed by atoms with Gasteiger partial charge in [-0.25, -0.2) is 9.96 Å². The summed E-state index contributed by atoms with van der Waals surface area (Å²) >= 11 is 0. The molecule has 0 saturated carbocycles. The predicted octanol–water partition coefficient (Wildman–Crippen LogP) is 3.95. The monoisotopic (exact) mass is 429 g/mol. The fourth-order valence-electron chi connectivity index (χ4n) is 4.37. The number of benzene rings is 3. The number of imide groups is 1. The van der Waals surface area contributed by atoms with E-state index >= 15 is 0 Å². The first kappa shape index (κ1) is 19.9. The average Bonchev–Trinajstić information content (AvgIpc) is 3.30. The maximum absolute atomic E-state index is 13.5. The molecule has 2 heterocycles. The van der Waals surface area contributed by atoms with Crippen LogP contribution in [0.5, 0.6) is 0 Å². The van der Waals surface area contributed by atoms with Crippen molar-refractivity contribution in [1.29, 1.82) is 0 Å². The van der Waals surface area contributed by atoms with Gasteiger partial charge in [0.15, 0.2) is 6.10 Å². The Labute approximate surface area is 183 Å². The summed E-state index contributed by atoms with van der Waals surface area (Å²) in [6.07, 6.45) is -0.983. The predicted molar refractivity (Wildman–Crippen MR) is 117 cm³/mol. The number of amides is 2. The van der Waals surface area contributed by atoms with Crippen LogP contribution in [0.2, 0.25) is 0 Å². The molecule has 0 bridgehead atoms. The molecule has 0 radical (unpaired) electrons. The zero-order valence-corrected chi connectivity index (χ0v) is 17.1. The number of para-hydroxylation sites is 1. The van der Waals surface area contributed by atoms with Gasteiger partial charge in [0, 0.05) is 12.1 Å². The molecule has 2 aliphatic heterocycles. The Balaban J connectivity index is 1.58. The number of anilines is 2. The molecule has 3 aromatic rings. The number of hydrogen-bond donors (Lipinski definition) is 0. The molecule has 2 amide bonds. The lowest BCUT2D eigenvalue weighted by Crippen LogP contribution is -2.37. The molecule has 32 heavy (non-hydrogen) atoms. The van der Waals surface area contributed by atoms with Crippen molar-refractivity contribution in [2.75, 3.05) is 9.96 Å². The summed E-state index contributed by atoms with van der Waals surface area (Å²) in [6, 6.07) is 21.8. The third-order valence-electron chi connectivity index (χ3n) is 5.83. The van der Waals surface area contributed by atoms with Crippen molar-refractivity contribution < 1.29 is 19.3 Å². The van der Waals surface area contributed by atoms with Crippen LogP contribution in [0.3, 0.4) is 0 Å². The zero-order chi connectivity index (χ0) is 22.4. The number of nitrogens with zero attached hydrogens (tertiary/aromatic N) is 3. The summed E-state index contributed by atoms with van der Waals surface area (Å²) in [6.45, 7) is 1.89. The van der Waals surface area contributed by atoms with Gasteiger partial charge in [-0.2, -0.15) is 0 Å². The molecule has 3 unspecified atom stereocenters. The minimum atomic E-state index is -0.983. The molecule has 0 aliphatic carbocycles. The SMILES string of the molecule is Cc1cccc(N2C(=O)C3ON(c4ccccc4)C(c4ccc([N+](=O)[O-])cc4)C3C2=O)c1. The highest BCUT2D eigenvalue weighted by atomic mass is 16.7. The second-order valence-corrected chi connectivity index (χ2v) is 7.86. The summed E-state index contributed by atoms with van der Waals surface area (Å²) in [5.74, 6) is -1.56. The highest BCUT2D eigenvalue weighted by molar-refractivity contribution is 6.23. The third-order valence-corrected chi connectivity index (χ3v) is 5.83. The molecule has 5 rings (SSSR count). The van der Waals surface area contributed by atoms with E-state index in [0.717, 1.165) is 5.56 Å². The molecular weight excluding hydrogens is 410 g/mol. The average molecular weight is 429 g/mol. The fourth-order valence-corrected chi connectivity index (χ4v) is 4.37. The van der Waals surface area contributed by atoms with Gasteiger partial charge < -0.3 is 0 Å². The first-order valence-electron chi connectivity index (χ1n) is 10.2. The van der Waals surface area contributed by atoms with Crippen LogP contribution in [-0.4, -0.2) is 22.8 Å². The lowest BCUT2D eigenvalue weighted by atomic mass is 9.90. The van der Waals surface area contributed by atoms with E-state index < -0.39 is 28.9 Å². The standard InChI is InChI=1S/C24H19N3O5/c1-15-6-5-9-19(14-15)25-23(28)20-21(16-10-12-18(13-11-16)27(30)31)26(32-22(20)24(25)29)17-7-3-2-4-8-17/h2-14,20-22H,1H3. The van der Waals surface area contributed by atoms with Gasteiger partial charge in [-0.15, -0.1) is 0 Å². The van der Waals surface area contributed by atoms with Gasteiger partial charge in [-0.3, -0.25) is 24.5 Å². The second kappa shape index (κ2) is 7.58. The number of carbonyl (C=O) groups is 2. The van der Waals surface area contributed by atoms with Gasteiger partial charge in [-0.1, -0.05) is 42.5 Å². The maximum Gasteiger partial charge on any atom is 0.269 e. The number of hydroxylamine groups is 1. The van der Waals surface area contributed by atoms with Crippen LogP contribution in [-0.2, 0) is 14.4 Å². The number of fused-ring (bicyclic) bond motifs is 1. The molecule has 3 aromatic carbocycles. The van der Waals surface area contributed by atoms with E-state index in [9.17, 15) is 19.7 Å². The summed E-state index contributed by atoms with van der Waals surface area (Å²) in [7, 11) is 0. The van der Waals surface area contributed by atoms with Crippen molar-refractivity contribution in [3.63, 3.8) is 0 Å². The third kappa shape index (κ3) is 3.12. The quantitative estimate of drug-likeness (QED) is 0.354. The first-order chi connectivity index (χ1) is 15.5. The fraction of sp³-hybridized carbons (Fsp3) is 0.167. The highest BCUT2D eigenvalue weighted by Gasteiger charge is 2.60. The molecule has 2 fully saturated rings. The summed E-state index contributed by atoms with van der Waals surface area (Å²) < 4.78 is 0. The molecule has 160 valence electrons. The lowest BCUT2D eigenvalue weighted by Gasteiger charge is -2.28. The summed E-state index contributed by atoms with van der Waals surface area (Å²) in [5, 5.41) is 12.7. The summed E-state index contributed by atoms with van der Waals surface area (Å²) in [4.78, 5) is 44.7. The topological polar surface area (TPSA) is 93.0 Å². The van der Waals surface area contributed by atoms with E-state index in [1.165, 1.54) is 17.0 Å². The first-order valence-corrected chi connectivity index (χ1v) is 10.2. The van der Waals surface area contributed by atoms with Crippen molar-refractivity contribution in [3.8, 4) is 0 Å². The number of nitro groups is 1. The van der Waals surface area contributed by atoms with Gasteiger partial charge in [-0.05, 0) is 42.3 Å². The summed E-state index contributed by atoms with van der Waals surface area (Å²) in [5.41, 5.74) is 2.73. The van der Waals surface area contributed by atoms with Crippen molar-refractivity contribution in [2.45, 2.75) is 19.1 Å². The van der Waals surface area contributed by atoms with Crippen LogP contribution in [0.15, 0.2) is 78.9 Å². The van der Waals surface area contributed by atoms with E-state index in [1.54, 1.807) is 35.4 Å². The zero-order valence-electron chi connectivity index (χ0n) is 17.1. The van der Waals surface area contributed by atoms with E-state index in [4.69, 9.17) is 4.84 Å². The van der Waals surface area contributed by atoms with Gasteiger partial charge in [0.05, 0.1) is 22.3 Å². The van der Waals surface area contributed by atoms with E-state index in [0.29, 0.717) is 16.9 Å². The molecule has 8 nitrogen and oxygen atoms in total. The van der Waals surface area contributed by atoms with Crippen LogP contribution in [0, 0.1) is 23.0 Å². The number of non-ortho nitro benzene ring substituents is 1. The van der Waals surface area contributed by atoms with E-state index in [-0.39, 0.29) is 11.6 Å². The Kier molecular flexibility index (Phi) is 4.71. The van der Waals surface area contributed by atoms with Gasteiger partial charge >= 0.3 is 0 Å². The van der Waals surface area contributed by atoms with E-state index in [1.807, 2.05) is 43.3 Å². The Bertz CT molecular complexity index is 1210. The molecule has 0 spiro atoms. The number of hydrogen-bond acceptors (Lipinski definition) is 6. The Hall–Kier alpha value is -4.04. The Morgan fingerprint density at radius 2 is 1.56 bits per heavy atom. The van der Waals surface area contributed by atoms with Crippen molar-refractivity contribution >= 4 is 28.9 Å².